The Morgan fingerprint density at radius 1 is 1.56 bits per heavy atom. The predicted octanol–water partition coefficient (Wildman–Crippen LogP) is -0.312. The second-order valence-corrected chi connectivity index (χ2v) is 3.96. The van der Waals surface area contributed by atoms with Crippen LogP contribution >= 0.6 is 0 Å². The molecule has 1 aromatic rings. The lowest BCUT2D eigenvalue weighted by Gasteiger charge is -2.10. The normalized spacial score (nSPS) is 20.1. The molecule has 1 aliphatic rings. The first kappa shape index (κ1) is 10.9. The van der Waals surface area contributed by atoms with Crippen LogP contribution in [0.3, 0.4) is 0 Å². The van der Waals surface area contributed by atoms with E-state index in [1.165, 1.54) is 10.8 Å². The highest BCUT2D eigenvalue weighted by atomic mass is 16.5. The van der Waals surface area contributed by atoms with E-state index in [4.69, 9.17) is 10.5 Å². The minimum atomic E-state index is -0.529. The standard InChI is InChI=1S/C10H15N3O3/c11-8-6-13(10(15)12-9(8)14)4-3-7-2-1-5-16-7/h6-7H,1-5,11H2,(H,12,14,15). The second kappa shape index (κ2) is 4.52. The number of aromatic amines is 1. The van der Waals surface area contributed by atoms with Crippen LogP contribution in [-0.4, -0.2) is 22.3 Å². The summed E-state index contributed by atoms with van der Waals surface area (Å²) in [5, 5.41) is 0. The van der Waals surface area contributed by atoms with Crippen LogP contribution in [0.4, 0.5) is 5.69 Å². The molecule has 0 spiro atoms. The molecule has 6 nitrogen and oxygen atoms in total. The van der Waals surface area contributed by atoms with Crippen LogP contribution in [0.1, 0.15) is 19.3 Å². The molecule has 1 aromatic heterocycles. The third-order valence-electron chi connectivity index (χ3n) is 2.75. The Labute approximate surface area is 92.0 Å². The van der Waals surface area contributed by atoms with Crippen molar-refractivity contribution in [2.75, 3.05) is 12.3 Å². The number of nitrogens with two attached hydrogens (primary N) is 1. The second-order valence-electron chi connectivity index (χ2n) is 3.96. The van der Waals surface area contributed by atoms with Gasteiger partial charge in [0, 0.05) is 19.3 Å². The Balaban J connectivity index is 2.06. The highest BCUT2D eigenvalue weighted by molar-refractivity contribution is 5.30. The third-order valence-corrected chi connectivity index (χ3v) is 2.75. The molecular weight excluding hydrogens is 210 g/mol. The van der Waals surface area contributed by atoms with Gasteiger partial charge in [-0.1, -0.05) is 0 Å². The Morgan fingerprint density at radius 2 is 2.38 bits per heavy atom. The van der Waals surface area contributed by atoms with Gasteiger partial charge in [0.15, 0.2) is 0 Å². The maximum atomic E-state index is 11.4. The summed E-state index contributed by atoms with van der Waals surface area (Å²) in [5.74, 6) is 0. The molecule has 3 N–H and O–H groups in total. The van der Waals surface area contributed by atoms with Crippen LogP contribution in [0.5, 0.6) is 0 Å². The lowest BCUT2D eigenvalue weighted by Crippen LogP contribution is -2.31. The molecule has 0 radical (unpaired) electrons. The van der Waals surface area contributed by atoms with E-state index in [0.29, 0.717) is 6.54 Å². The van der Waals surface area contributed by atoms with E-state index in [0.717, 1.165) is 25.9 Å². The topological polar surface area (TPSA) is 90.1 Å². The van der Waals surface area contributed by atoms with Gasteiger partial charge in [-0.25, -0.2) is 4.79 Å². The SMILES string of the molecule is Nc1cn(CCC2CCCO2)c(=O)[nH]c1=O. The molecule has 1 saturated heterocycles. The van der Waals surface area contributed by atoms with Gasteiger partial charge in [-0.2, -0.15) is 0 Å². The highest BCUT2D eigenvalue weighted by Crippen LogP contribution is 2.15. The zero-order chi connectivity index (χ0) is 11.5. The van der Waals surface area contributed by atoms with Crippen LogP contribution in [0, 0.1) is 0 Å². The van der Waals surface area contributed by atoms with E-state index < -0.39 is 11.2 Å². The molecule has 1 aliphatic heterocycles. The van der Waals surface area contributed by atoms with Crippen LogP contribution in [-0.2, 0) is 11.3 Å². The van der Waals surface area contributed by atoms with Crippen LogP contribution in [0.25, 0.3) is 0 Å². The fourth-order valence-corrected chi connectivity index (χ4v) is 1.85. The third kappa shape index (κ3) is 2.33. The first-order valence-corrected chi connectivity index (χ1v) is 5.37. The number of rotatable bonds is 3. The van der Waals surface area contributed by atoms with E-state index >= 15 is 0 Å². The highest BCUT2D eigenvalue weighted by Gasteiger charge is 2.15. The number of H-pyrrole nitrogens is 1. The molecular formula is C10H15N3O3. The Bertz CT molecular complexity index is 471. The van der Waals surface area contributed by atoms with Gasteiger partial charge in [0.2, 0.25) is 0 Å². The lowest BCUT2D eigenvalue weighted by atomic mass is 10.2. The molecule has 1 atom stereocenters. The zero-order valence-electron chi connectivity index (χ0n) is 8.94. The number of hydrogen-bond donors (Lipinski definition) is 2. The predicted molar refractivity (Wildman–Crippen MR) is 59.3 cm³/mol. The number of aryl methyl sites for hydroxylation is 1. The smallest absolute Gasteiger partial charge is 0.328 e. The molecule has 2 rings (SSSR count). The number of nitrogens with zero attached hydrogens (tertiary/aromatic N) is 1. The molecule has 88 valence electrons. The van der Waals surface area contributed by atoms with E-state index in [1.807, 2.05) is 0 Å². The quantitative estimate of drug-likeness (QED) is 0.738. The Hall–Kier alpha value is -1.56. The number of nitrogens with one attached hydrogen (secondary N) is 1. The number of nitrogen functional groups attached to an aromatic ring is 1. The van der Waals surface area contributed by atoms with Gasteiger partial charge < -0.3 is 10.5 Å². The van der Waals surface area contributed by atoms with Crippen molar-refractivity contribution in [1.82, 2.24) is 9.55 Å². The van der Waals surface area contributed by atoms with Gasteiger partial charge in [0.05, 0.1) is 6.10 Å². The molecule has 6 heteroatoms. The summed E-state index contributed by atoms with van der Waals surface area (Å²) >= 11 is 0. The molecule has 0 aromatic carbocycles. The average molecular weight is 225 g/mol. The maximum Gasteiger partial charge on any atom is 0.328 e. The average Bonchev–Trinajstić information content (AvgIpc) is 2.74. The van der Waals surface area contributed by atoms with Crippen molar-refractivity contribution >= 4 is 5.69 Å². The van der Waals surface area contributed by atoms with Gasteiger partial charge in [-0.15, -0.1) is 0 Å². The summed E-state index contributed by atoms with van der Waals surface area (Å²) < 4.78 is 6.87. The minimum absolute atomic E-state index is 0.0620. The molecule has 1 unspecified atom stereocenters. The van der Waals surface area contributed by atoms with Crippen molar-refractivity contribution in [2.45, 2.75) is 31.9 Å². The first-order valence-electron chi connectivity index (χ1n) is 5.37. The zero-order valence-corrected chi connectivity index (χ0v) is 8.94. The van der Waals surface area contributed by atoms with Crippen molar-refractivity contribution in [3.8, 4) is 0 Å². The van der Waals surface area contributed by atoms with Gasteiger partial charge in [-0.3, -0.25) is 14.3 Å². The van der Waals surface area contributed by atoms with Gasteiger partial charge in [0.25, 0.3) is 5.56 Å². The van der Waals surface area contributed by atoms with Crippen molar-refractivity contribution in [1.29, 1.82) is 0 Å². The number of ether oxygens (including phenoxy) is 1. The van der Waals surface area contributed by atoms with Crippen LogP contribution in [0.2, 0.25) is 0 Å². The van der Waals surface area contributed by atoms with Gasteiger partial charge in [0.1, 0.15) is 5.69 Å². The van der Waals surface area contributed by atoms with Gasteiger partial charge in [-0.05, 0) is 19.3 Å². The summed E-state index contributed by atoms with van der Waals surface area (Å²) in [5.41, 5.74) is 4.55. The van der Waals surface area contributed by atoms with Crippen molar-refractivity contribution < 1.29 is 4.74 Å². The van der Waals surface area contributed by atoms with Crippen molar-refractivity contribution in [2.24, 2.45) is 0 Å². The number of aromatic nitrogens is 2. The van der Waals surface area contributed by atoms with E-state index in [9.17, 15) is 9.59 Å². The molecule has 0 amide bonds. The molecule has 16 heavy (non-hydrogen) atoms. The van der Waals surface area contributed by atoms with Crippen molar-refractivity contribution in [3.05, 3.63) is 27.0 Å². The Morgan fingerprint density at radius 3 is 3.06 bits per heavy atom. The fourth-order valence-electron chi connectivity index (χ4n) is 1.85. The Kier molecular flexibility index (Phi) is 3.09. The monoisotopic (exact) mass is 225 g/mol. The molecule has 1 fully saturated rings. The van der Waals surface area contributed by atoms with Gasteiger partial charge >= 0.3 is 5.69 Å². The fraction of sp³-hybridized carbons (Fsp3) is 0.600. The molecule has 0 saturated carbocycles. The van der Waals surface area contributed by atoms with E-state index in [1.54, 1.807) is 0 Å². The summed E-state index contributed by atoms with van der Waals surface area (Å²) in [6.45, 7) is 1.32. The number of hydrogen-bond acceptors (Lipinski definition) is 4. The first-order chi connectivity index (χ1) is 7.66. The largest absolute Gasteiger partial charge is 0.393 e. The van der Waals surface area contributed by atoms with Crippen molar-refractivity contribution in [3.63, 3.8) is 0 Å². The van der Waals surface area contributed by atoms with E-state index in [-0.39, 0.29) is 11.8 Å². The van der Waals surface area contributed by atoms with Crippen LogP contribution < -0.4 is 17.0 Å². The number of anilines is 1. The van der Waals surface area contributed by atoms with Crippen LogP contribution in [0.15, 0.2) is 15.8 Å². The molecule has 0 aliphatic carbocycles. The summed E-state index contributed by atoms with van der Waals surface area (Å²) in [6.07, 6.45) is 4.49. The molecule has 0 bridgehead atoms. The lowest BCUT2D eigenvalue weighted by molar-refractivity contribution is 0.1000. The molecule has 2 heterocycles. The van der Waals surface area contributed by atoms with E-state index in [2.05, 4.69) is 4.98 Å². The summed E-state index contributed by atoms with van der Waals surface area (Å²) in [7, 11) is 0. The minimum Gasteiger partial charge on any atom is -0.393 e. The maximum absolute atomic E-state index is 11.4. The summed E-state index contributed by atoms with van der Waals surface area (Å²) in [6, 6.07) is 0. The summed E-state index contributed by atoms with van der Waals surface area (Å²) in [4.78, 5) is 24.6.